The Bertz CT molecular complexity index is 533. The molecule has 0 spiro atoms. The van der Waals surface area contributed by atoms with E-state index in [0.717, 1.165) is 30.8 Å². The van der Waals surface area contributed by atoms with Crippen molar-refractivity contribution in [2.24, 2.45) is 11.8 Å². The van der Waals surface area contributed by atoms with Gasteiger partial charge in [-0.2, -0.15) is 0 Å². The van der Waals surface area contributed by atoms with Gasteiger partial charge in [0.25, 0.3) is 0 Å². The molecule has 0 bridgehead atoms. The van der Waals surface area contributed by atoms with E-state index < -0.39 is 0 Å². The molecule has 2 amide bonds. The van der Waals surface area contributed by atoms with E-state index in [1.54, 1.807) is 0 Å². The molecule has 4 nitrogen and oxygen atoms in total. The maximum Gasteiger partial charge on any atom is 0.237 e. The van der Waals surface area contributed by atoms with Crippen LogP contribution in [-0.2, 0) is 22.6 Å². The molecule has 1 N–H and O–H groups in total. The molecule has 1 fully saturated rings. The molecule has 2 heterocycles. The lowest BCUT2D eigenvalue weighted by Crippen LogP contribution is -2.34. The van der Waals surface area contributed by atoms with Crippen LogP contribution in [-0.4, -0.2) is 18.4 Å². The number of rotatable bonds is 1. The first-order chi connectivity index (χ1) is 9.11. The second-order valence-electron chi connectivity index (χ2n) is 5.43. The van der Waals surface area contributed by atoms with Crippen LogP contribution in [0.25, 0.3) is 0 Å². The summed E-state index contributed by atoms with van der Waals surface area (Å²) in [4.78, 5) is 26.0. The van der Waals surface area contributed by atoms with Crippen molar-refractivity contribution >= 4 is 17.5 Å². The van der Waals surface area contributed by atoms with E-state index in [1.165, 1.54) is 10.5 Å². The van der Waals surface area contributed by atoms with Crippen molar-refractivity contribution in [1.82, 2.24) is 5.32 Å². The summed E-state index contributed by atoms with van der Waals surface area (Å²) in [5.41, 5.74) is 3.11. The number of benzene rings is 1. The average molecular weight is 258 g/mol. The molecule has 0 aromatic heterocycles. The van der Waals surface area contributed by atoms with E-state index >= 15 is 0 Å². The van der Waals surface area contributed by atoms with Crippen LogP contribution in [0.15, 0.2) is 18.2 Å². The molecule has 2 aliphatic rings. The summed E-state index contributed by atoms with van der Waals surface area (Å²) in [6.07, 6.45) is 0.949. The third-order valence-corrected chi connectivity index (χ3v) is 4.33. The lowest BCUT2D eigenvalue weighted by Gasteiger charge is -2.24. The number of carbonyl (C=O) groups is 2. The summed E-state index contributed by atoms with van der Waals surface area (Å²) in [6.45, 7) is 5.34. The highest BCUT2D eigenvalue weighted by atomic mass is 16.2. The van der Waals surface area contributed by atoms with E-state index in [1.807, 2.05) is 26.0 Å². The molecule has 1 aromatic carbocycles. The van der Waals surface area contributed by atoms with Crippen LogP contribution in [0, 0.1) is 11.8 Å². The molecule has 0 aliphatic carbocycles. The molecule has 1 saturated heterocycles. The monoisotopic (exact) mass is 258 g/mol. The van der Waals surface area contributed by atoms with Gasteiger partial charge in [0.05, 0.1) is 5.69 Å². The highest BCUT2D eigenvalue weighted by Crippen LogP contribution is 2.34. The van der Waals surface area contributed by atoms with Crippen LogP contribution in [0.4, 0.5) is 5.69 Å². The zero-order chi connectivity index (χ0) is 13.6. The number of anilines is 1. The zero-order valence-corrected chi connectivity index (χ0v) is 11.3. The number of nitrogens with zero attached hydrogens (tertiary/aromatic N) is 1. The third kappa shape index (κ3) is 1.78. The summed E-state index contributed by atoms with van der Waals surface area (Å²) in [7, 11) is 0. The average Bonchev–Trinajstić information content (AvgIpc) is 2.63. The zero-order valence-electron chi connectivity index (χ0n) is 11.3. The molecular weight excluding hydrogens is 240 g/mol. The molecule has 19 heavy (non-hydrogen) atoms. The van der Waals surface area contributed by atoms with Gasteiger partial charge in [0, 0.05) is 18.4 Å². The molecule has 100 valence electrons. The largest absolute Gasteiger partial charge is 0.312 e. The number of amides is 2. The van der Waals surface area contributed by atoms with Crippen molar-refractivity contribution in [3.8, 4) is 0 Å². The van der Waals surface area contributed by atoms with Gasteiger partial charge in [-0.1, -0.05) is 26.0 Å². The Morgan fingerprint density at radius 1 is 1.16 bits per heavy atom. The van der Waals surface area contributed by atoms with Gasteiger partial charge >= 0.3 is 0 Å². The minimum Gasteiger partial charge on any atom is -0.312 e. The van der Waals surface area contributed by atoms with Crippen molar-refractivity contribution in [2.45, 2.75) is 26.8 Å². The van der Waals surface area contributed by atoms with E-state index in [4.69, 9.17) is 0 Å². The number of nitrogens with one attached hydrogen (secondary N) is 1. The van der Waals surface area contributed by atoms with Crippen molar-refractivity contribution in [2.75, 3.05) is 11.4 Å². The standard InChI is InChI=1S/C15H18N2O2/c1-9-10(2)15(19)17(14(9)18)13-5-3-4-11-6-7-16-8-12(11)13/h3-5,9-10,16H,6-8H2,1-2H3. The van der Waals surface area contributed by atoms with Crippen LogP contribution < -0.4 is 10.2 Å². The summed E-state index contributed by atoms with van der Waals surface area (Å²) >= 11 is 0. The lowest BCUT2D eigenvalue weighted by atomic mass is 9.98. The molecule has 1 aromatic rings. The fourth-order valence-corrected chi connectivity index (χ4v) is 2.89. The van der Waals surface area contributed by atoms with Gasteiger partial charge < -0.3 is 5.32 Å². The minimum atomic E-state index is -0.222. The van der Waals surface area contributed by atoms with Crippen LogP contribution in [0.5, 0.6) is 0 Å². The van der Waals surface area contributed by atoms with Gasteiger partial charge in [0.15, 0.2) is 0 Å². The summed E-state index contributed by atoms with van der Waals surface area (Å²) in [6, 6.07) is 5.90. The van der Waals surface area contributed by atoms with E-state index in [0.29, 0.717) is 0 Å². The number of hydrogen-bond acceptors (Lipinski definition) is 3. The van der Waals surface area contributed by atoms with E-state index in [9.17, 15) is 9.59 Å². The van der Waals surface area contributed by atoms with Gasteiger partial charge in [-0.15, -0.1) is 0 Å². The quantitative estimate of drug-likeness (QED) is 0.776. The highest BCUT2D eigenvalue weighted by Gasteiger charge is 2.43. The molecule has 4 heteroatoms. The predicted octanol–water partition coefficient (Wildman–Crippen LogP) is 1.48. The summed E-state index contributed by atoms with van der Waals surface area (Å²) < 4.78 is 0. The van der Waals surface area contributed by atoms with Crippen LogP contribution >= 0.6 is 0 Å². The fourth-order valence-electron chi connectivity index (χ4n) is 2.89. The number of carbonyl (C=O) groups excluding carboxylic acids is 2. The molecular formula is C15H18N2O2. The molecule has 0 radical (unpaired) electrons. The molecule has 2 atom stereocenters. The van der Waals surface area contributed by atoms with Crippen LogP contribution in [0.1, 0.15) is 25.0 Å². The molecule has 2 aliphatic heterocycles. The van der Waals surface area contributed by atoms with Crippen molar-refractivity contribution in [1.29, 1.82) is 0 Å². The normalized spacial score (nSPS) is 26.7. The second-order valence-corrected chi connectivity index (χ2v) is 5.43. The van der Waals surface area contributed by atoms with Gasteiger partial charge in [0.1, 0.15) is 0 Å². The number of fused-ring (bicyclic) bond motifs is 1. The highest BCUT2D eigenvalue weighted by molar-refractivity contribution is 6.22. The summed E-state index contributed by atoms with van der Waals surface area (Å²) in [5, 5.41) is 3.31. The third-order valence-electron chi connectivity index (χ3n) is 4.33. The minimum absolute atomic E-state index is 0.0727. The van der Waals surface area contributed by atoms with E-state index in [-0.39, 0.29) is 23.7 Å². The van der Waals surface area contributed by atoms with Gasteiger partial charge in [-0.3, -0.25) is 9.59 Å². The lowest BCUT2D eigenvalue weighted by molar-refractivity contribution is -0.122. The Labute approximate surface area is 112 Å². The van der Waals surface area contributed by atoms with Crippen molar-refractivity contribution in [3.63, 3.8) is 0 Å². The second kappa shape index (κ2) is 4.46. The van der Waals surface area contributed by atoms with Crippen molar-refractivity contribution < 1.29 is 9.59 Å². The topological polar surface area (TPSA) is 49.4 Å². The fraction of sp³-hybridized carbons (Fsp3) is 0.467. The maximum atomic E-state index is 12.3. The van der Waals surface area contributed by atoms with Crippen LogP contribution in [0.2, 0.25) is 0 Å². The Morgan fingerprint density at radius 2 is 1.84 bits per heavy atom. The smallest absolute Gasteiger partial charge is 0.237 e. The van der Waals surface area contributed by atoms with E-state index in [2.05, 4.69) is 11.4 Å². The molecule has 2 unspecified atom stereocenters. The van der Waals surface area contributed by atoms with Gasteiger partial charge in [0.2, 0.25) is 11.8 Å². The Hall–Kier alpha value is -1.68. The van der Waals surface area contributed by atoms with Gasteiger partial charge in [-0.05, 0) is 30.2 Å². The predicted molar refractivity (Wildman–Crippen MR) is 72.7 cm³/mol. The Kier molecular flexibility index (Phi) is 2.90. The molecule has 3 rings (SSSR count). The summed E-state index contributed by atoms with van der Waals surface area (Å²) in [5.74, 6) is -0.590. The first kappa shape index (κ1) is 12.4. The first-order valence-electron chi connectivity index (χ1n) is 6.80. The maximum absolute atomic E-state index is 12.3. The Balaban J connectivity index is 2.08. The SMILES string of the molecule is CC1C(=O)N(c2cccc3c2CNCC3)C(=O)C1C. The number of imide groups is 1. The van der Waals surface area contributed by atoms with Crippen LogP contribution in [0.3, 0.4) is 0 Å². The molecule has 0 saturated carbocycles. The van der Waals surface area contributed by atoms with Crippen molar-refractivity contribution in [3.05, 3.63) is 29.3 Å². The number of hydrogen-bond donors (Lipinski definition) is 1. The first-order valence-corrected chi connectivity index (χ1v) is 6.80. The Morgan fingerprint density at radius 3 is 2.53 bits per heavy atom. The van der Waals surface area contributed by atoms with Gasteiger partial charge in [-0.25, -0.2) is 4.90 Å².